The van der Waals surface area contributed by atoms with Crippen LogP contribution in [-0.4, -0.2) is 24.4 Å². The number of hydrogen-bond donors (Lipinski definition) is 0. The van der Waals surface area contributed by atoms with Gasteiger partial charge >= 0.3 is 0 Å². The maximum absolute atomic E-state index is 3.71. The van der Waals surface area contributed by atoms with Crippen molar-refractivity contribution in [2.45, 2.75) is 0 Å². The van der Waals surface area contributed by atoms with Crippen LogP contribution in [0.4, 0.5) is 0 Å². The highest BCUT2D eigenvalue weighted by atomic mass is 15.0. The van der Waals surface area contributed by atoms with Crippen molar-refractivity contribution in [3.8, 4) is 0 Å². The summed E-state index contributed by atoms with van der Waals surface area (Å²) in [4.78, 5) is 0. The first-order chi connectivity index (χ1) is 3.81. The zero-order valence-corrected chi connectivity index (χ0v) is 5.14. The van der Waals surface area contributed by atoms with Crippen LogP contribution >= 0.6 is 0 Å². The van der Waals surface area contributed by atoms with Gasteiger partial charge in [-0.1, -0.05) is 13.2 Å². The molecule has 0 radical (unpaired) electrons. The molecule has 0 aromatic carbocycles. The molecule has 8 heavy (non-hydrogen) atoms. The molecule has 0 N–H and O–H groups in total. The molecule has 1 nitrogen and oxygen atoms in total. The van der Waals surface area contributed by atoms with Gasteiger partial charge in [-0.3, -0.25) is 0 Å². The molecule has 0 spiro atoms. The van der Waals surface area contributed by atoms with E-state index in [0.29, 0.717) is 0 Å². The quantitative estimate of drug-likeness (QED) is 0.289. The van der Waals surface area contributed by atoms with E-state index in [1.54, 1.807) is 0 Å². The Morgan fingerprint density at radius 3 is 1.75 bits per heavy atom. The summed E-state index contributed by atoms with van der Waals surface area (Å²) in [7, 11) is 0. The summed E-state index contributed by atoms with van der Waals surface area (Å²) in [6.45, 7) is 12.5. The largest absolute Gasteiger partial charge is 0.235 e. The number of rotatable bonds is 4. The summed E-state index contributed by atoms with van der Waals surface area (Å²) in [6.07, 6.45) is 3.63. The van der Waals surface area contributed by atoms with Crippen molar-refractivity contribution in [2.75, 3.05) is 13.1 Å². The molecular weight excluding hydrogens is 98.1 g/mol. The van der Waals surface area contributed by atoms with Gasteiger partial charge < -0.3 is 0 Å². The summed E-state index contributed by atoms with van der Waals surface area (Å²) in [5, 5.41) is 0. The van der Waals surface area contributed by atoms with Crippen LogP contribution < -0.4 is 0 Å². The second-order valence-corrected chi connectivity index (χ2v) is 1.61. The van der Waals surface area contributed by atoms with Gasteiger partial charge in [0.2, 0.25) is 0 Å². The summed E-state index contributed by atoms with van der Waals surface area (Å²) >= 11 is 0. The van der Waals surface area contributed by atoms with Gasteiger partial charge in [-0.15, -0.1) is 0 Å². The van der Waals surface area contributed by atoms with E-state index in [-0.39, 0.29) is 0 Å². The van der Waals surface area contributed by atoms with E-state index in [9.17, 15) is 0 Å². The minimum atomic E-state index is 0.825. The van der Waals surface area contributed by atoms with Crippen molar-refractivity contribution in [2.24, 2.45) is 0 Å². The highest BCUT2D eigenvalue weighted by Gasteiger charge is 1.87. The highest BCUT2D eigenvalue weighted by molar-refractivity contribution is 5.14. The molecule has 1 heteroatoms. The van der Waals surface area contributed by atoms with Crippen molar-refractivity contribution in [1.82, 2.24) is 0 Å². The van der Waals surface area contributed by atoms with Gasteiger partial charge in [-0.05, 0) is 12.2 Å². The molecule has 0 saturated carbocycles. The van der Waals surface area contributed by atoms with Crippen LogP contribution in [-0.2, 0) is 0 Å². The third-order valence-electron chi connectivity index (χ3n) is 0.775. The van der Waals surface area contributed by atoms with Crippen LogP contribution in [0.3, 0.4) is 0 Å². The fraction of sp³-hybridized carbons (Fsp3) is 0.286. The molecule has 0 aliphatic heterocycles. The zero-order valence-electron chi connectivity index (χ0n) is 5.14. The Hall–Kier alpha value is -0.850. The smallest absolute Gasteiger partial charge is 0.160 e. The van der Waals surface area contributed by atoms with Crippen LogP contribution in [0.25, 0.3) is 0 Å². The first kappa shape index (κ1) is 7.15. The summed E-state index contributed by atoms with van der Waals surface area (Å²) in [5.41, 5.74) is 0. The highest BCUT2D eigenvalue weighted by Crippen LogP contribution is 1.72. The van der Waals surface area contributed by atoms with E-state index >= 15 is 0 Å². The van der Waals surface area contributed by atoms with E-state index in [1.165, 1.54) is 0 Å². The van der Waals surface area contributed by atoms with Gasteiger partial charge in [-0.2, -0.15) is 0 Å². The fourth-order valence-corrected chi connectivity index (χ4v) is 0.440. The van der Waals surface area contributed by atoms with Gasteiger partial charge in [0.05, 0.1) is 0 Å². The van der Waals surface area contributed by atoms with Gasteiger partial charge in [0, 0.05) is 0 Å². The van der Waals surface area contributed by atoms with Gasteiger partial charge in [0.15, 0.2) is 13.1 Å². The van der Waals surface area contributed by atoms with Gasteiger partial charge in [0.1, 0.15) is 6.72 Å². The van der Waals surface area contributed by atoms with Crippen molar-refractivity contribution < 1.29 is 4.58 Å². The van der Waals surface area contributed by atoms with E-state index < -0.39 is 0 Å². The molecule has 0 unspecified atom stereocenters. The average Bonchev–Trinajstić information content (AvgIpc) is 1.68. The van der Waals surface area contributed by atoms with Crippen molar-refractivity contribution in [3.05, 3.63) is 25.3 Å². The molecule has 0 aliphatic rings. The van der Waals surface area contributed by atoms with Crippen LogP contribution in [0.5, 0.6) is 0 Å². The molecule has 44 valence electrons. The van der Waals surface area contributed by atoms with Crippen LogP contribution in [0.2, 0.25) is 0 Å². The van der Waals surface area contributed by atoms with Gasteiger partial charge in [0.25, 0.3) is 0 Å². The fourth-order valence-electron chi connectivity index (χ4n) is 0.440. The number of nitrogens with zero attached hydrogens (tertiary/aromatic N) is 1. The molecule has 0 saturated heterocycles. The van der Waals surface area contributed by atoms with E-state index in [2.05, 4.69) is 19.9 Å². The Bertz CT molecular complexity index is 91.0. The molecule has 0 atom stereocenters. The monoisotopic (exact) mass is 110 g/mol. The predicted molar refractivity (Wildman–Crippen MR) is 37.5 cm³/mol. The lowest BCUT2D eigenvalue weighted by atomic mass is 10.5. The Kier molecular flexibility index (Phi) is 3.85. The van der Waals surface area contributed by atoms with Gasteiger partial charge in [-0.25, -0.2) is 4.58 Å². The molecular formula is C7H12N+. The average molecular weight is 110 g/mol. The first-order valence-corrected chi connectivity index (χ1v) is 2.58. The van der Waals surface area contributed by atoms with Crippen LogP contribution in [0.1, 0.15) is 0 Å². The second kappa shape index (κ2) is 4.31. The second-order valence-electron chi connectivity index (χ2n) is 1.61. The summed E-state index contributed by atoms with van der Waals surface area (Å²) in [6, 6.07) is 0. The SMILES string of the molecule is C=CC[N+](=C)CC=C. The molecule has 0 rings (SSSR count). The molecule has 0 heterocycles. The maximum atomic E-state index is 3.71. The molecule has 0 fully saturated rings. The summed E-state index contributed by atoms with van der Waals surface area (Å²) < 4.78 is 1.88. The maximum Gasteiger partial charge on any atom is 0.160 e. The molecule has 0 aromatic rings. The number of hydrogen-bond acceptors (Lipinski definition) is 0. The Balaban J connectivity index is 3.32. The normalized spacial score (nSPS) is 8.00. The van der Waals surface area contributed by atoms with E-state index in [1.807, 2.05) is 16.7 Å². The topological polar surface area (TPSA) is 3.01 Å². The zero-order chi connectivity index (χ0) is 6.41. The molecule has 0 aliphatic carbocycles. The standard InChI is InChI=1S/C7H12N/c1-4-6-8(3)7-5-2/h4-5H,1-3,6-7H2/q+1. The minimum Gasteiger partial charge on any atom is -0.235 e. The van der Waals surface area contributed by atoms with Crippen molar-refractivity contribution in [3.63, 3.8) is 0 Å². The molecule has 0 aromatic heterocycles. The molecule has 0 bridgehead atoms. The van der Waals surface area contributed by atoms with Crippen molar-refractivity contribution in [1.29, 1.82) is 0 Å². The molecule has 0 amide bonds. The lowest BCUT2D eigenvalue weighted by Crippen LogP contribution is -2.07. The van der Waals surface area contributed by atoms with Crippen molar-refractivity contribution >= 4 is 6.72 Å². The lowest BCUT2D eigenvalue weighted by molar-refractivity contribution is -0.498. The minimum absolute atomic E-state index is 0.825. The van der Waals surface area contributed by atoms with E-state index in [0.717, 1.165) is 13.1 Å². The predicted octanol–water partition coefficient (Wildman–Crippen LogP) is 1.07. The van der Waals surface area contributed by atoms with Crippen LogP contribution in [0.15, 0.2) is 25.3 Å². The first-order valence-electron chi connectivity index (χ1n) is 2.58. The van der Waals surface area contributed by atoms with E-state index in [4.69, 9.17) is 0 Å². The Morgan fingerprint density at radius 2 is 1.50 bits per heavy atom. The lowest BCUT2D eigenvalue weighted by Gasteiger charge is -1.89. The summed E-state index contributed by atoms with van der Waals surface area (Å²) in [5.74, 6) is 0. The Morgan fingerprint density at radius 1 is 1.12 bits per heavy atom. The van der Waals surface area contributed by atoms with Crippen LogP contribution in [0, 0.1) is 0 Å². The third kappa shape index (κ3) is 3.34. The Labute approximate surface area is 50.7 Å². The third-order valence-corrected chi connectivity index (χ3v) is 0.775.